The number of hydrogen-bond acceptors (Lipinski definition) is 4. The summed E-state index contributed by atoms with van der Waals surface area (Å²) in [6.45, 7) is 5.62. The molecule has 1 radical (unpaired) electrons. The summed E-state index contributed by atoms with van der Waals surface area (Å²) in [7, 11) is -4.13. The molecule has 1 atom stereocenters. The number of carbonyl (C=O) groups excluding carboxylic acids is 1. The van der Waals surface area contributed by atoms with E-state index in [4.69, 9.17) is 4.55 Å². The van der Waals surface area contributed by atoms with Crippen molar-refractivity contribution in [2.45, 2.75) is 19.1 Å². The van der Waals surface area contributed by atoms with Gasteiger partial charge in [0, 0.05) is 57.0 Å². The van der Waals surface area contributed by atoms with Crippen LogP contribution in [0.2, 0.25) is 0 Å². The average Bonchev–Trinajstić information content (AvgIpc) is 1.97. The van der Waals surface area contributed by atoms with E-state index in [1.165, 1.54) is 13.8 Å². The number of rotatable bonds is 4. The van der Waals surface area contributed by atoms with Crippen LogP contribution in [0.5, 0.6) is 0 Å². The van der Waals surface area contributed by atoms with Gasteiger partial charge < -0.3 is 4.74 Å². The van der Waals surface area contributed by atoms with Crippen molar-refractivity contribution in [1.82, 2.24) is 0 Å². The summed E-state index contributed by atoms with van der Waals surface area (Å²) < 4.78 is 33.9. The molecule has 0 aliphatic rings. The molecule has 7 heteroatoms. The summed E-state index contributed by atoms with van der Waals surface area (Å²) in [6.07, 6.45) is 0. The second kappa shape index (κ2) is 7.10. The normalized spacial score (nSPS) is 12.5. The minimum absolute atomic E-state index is 0. The molecule has 0 aromatic carbocycles. The molecule has 0 amide bonds. The van der Waals surface area contributed by atoms with Crippen molar-refractivity contribution in [3.05, 3.63) is 12.2 Å². The monoisotopic (exact) mass is 247 g/mol. The molecular weight excluding hydrogens is 235 g/mol. The van der Waals surface area contributed by atoms with Crippen LogP contribution in [-0.4, -0.2) is 82.2 Å². The predicted octanol–water partition coefficient (Wildman–Crippen LogP) is 0.00120. The molecule has 5 nitrogen and oxygen atoms in total. The SMILES string of the molecule is C=C(C)C(=O)OCC(C)S(=O)(=O)O.[K]. The predicted molar refractivity (Wildman–Crippen MR) is 52.5 cm³/mol. The van der Waals surface area contributed by atoms with Gasteiger partial charge in [0.05, 0.1) is 0 Å². The molecule has 0 saturated heterocycles. The third-order valence-electron chi connectivity index (χ3n) is 1.31. The quantitative estimate of drug-likeness (QED) is 0.327. The first kappa shape index (κ1) is 17.2. The Hall–Kier alpha value is 0.756. The molecule has 0 saturated carbocycles. The van der Waals surface area contributed by atoms with E-state index < -0.39 is 21.3 Å². The van der Waals surface area contributed by atoms with Crippen molar-refractivity contribution in [1.29, 1.82) is 0 Å². The molecule has 1 unspecified atom stereocenters. The zero-order valence-electron chi connectivity index (χ0n) is 8.48. The minimum Gasteiger partial charge on any atom is -0.461 e. The van der Waals surface area contributed by atoms with Gasteiger partial charge in [0.1, 0.15) is 11.9 Å². The van der Waals surface area contributed by atoms with E-state index in [1.54, 1.807) is 0 Å². The average molecular weight is 247 g/mol. The van der Waals surface area contributed by atoms with Crippen LogP contribution in [0.15, 0.2) is 12.2 Å². The van der Waals surface area contributed by atoms with E-state index in [2.05, 4.69) is 11.3 Å². The van der Waals surface area contributed by atoms with Crippen LogP contribution >= 0.6 is 0 Å². The fraction of sp³-hybridized carbons (Fsp3) is 0.571. The van der Waals surface area contributed by atoms with Crippen LogP contribution in [0.3, 0.4) is 0 Å². The molecule has 0 spiro atoms. The van der Waals surface area contributed by atoms with Crippen LogP contribution < -0.4 is 0 Å². The number of esters is 1. The Labute approximate surface area is 126 Å². The molecular formula is C7H12KO5S. The number of ether oxygens (including phenoxy) is 1. The maximum Gasteiger partial charge on any atom is 0.333 e. The van der Waals surface area contributed by atoms with Crippen molar-refractivity contribution in [3.63, 3.8) is 0 Å². The Bertz CT molecular complexity index is 308. The van der Waals surface area contributed by atoms with Gasteiger partial charge in [-0.1, -0.05) is 6.58 Å². The van der Waals surface area contributed by atoms with E-state index in [0.29, 0.717) is 0 Å². The topological polar surface area (TPSA) is 80.7 Å². The summed E-state index contributed by atoms with van der Waals surface area (Å²) in [6, 6.07) is 0. The maximum atomic E-state index is 10.8. The van der Waals surface area contributed by atoms with Crippen LogP contribution in [0.1, 0.15) is 13.8 Å². The van der Waals surface area contributed by atoms with Gasteiger partial charge in [-0.15, -0.1) is 0 Å². The Morgan fingerprint density at radius 1 is 1.57 bits per heavy atom. The molecule has 77 valence electrons. The fourth-order valence-electron chi connectivity index (χ4n) is 0.402. The second-order valence-electron chi connectivity index (χ2n) is 2.70. The maximum absolute atomic E-state index is 10.8. The van der Waals surface area contributed by atoms with Gasteiger partial charge in [-0.3, -0.25) is 4.55 Å². The zero-order chi connectivity index (χ0) is 10.6. The van der Waals surface area contributed by atoms with Gasteiger partial charge in [0.25, 0.3) is 10.1 Å². The standard InChI is InChI=1S/C7H12O5S.K/c1-5(2)7(8)12-4-6(3)13(9,10)11;/h6H,1,4H2,2-3H3,(H,9,10,11);. The third-order valence-corrected chi connectivity index (χ3v) is 2.46. The van der Waals surface area contributed by atoms with Gasteiger partial charge >= 0.3 is 5.97 Å². The summed E-state index contributed by atoms with van der Waals surface area (Å²) in [5, 5.41) is -1.12. The largest absolute Gasteiger partial charge is 0.461 e. The van der Waals surface area contributed by atoms with Crippen molar-refractivity contribution in [3.8, 4) is 0 Å². The van der Waals surface area contributed by atoms with Gasteiger partial charge in [0.15, 0.2) is 0 Å². The molecule has 0 rings (SSSR count). The van der Waals surface area contributed by atoms with Gasteiger partial charge in [-0.25, -0.2) is 4.79 Å². The van der Waals surface area contributed by atoms with E-state index in [-0.39, 0.29) is 63.6 Å². The van der Waals surface area contributed by atoms with Gasteiger partial charge in [-0.05, 0) is 13.8 Å². The Kier molecular flexibility index (Phi) is 8.70. The molecule has 0 bridgehead atoms. The zero-order valence-corrected chi connectivity index (χ0v) is 12.4. The van der Waals surface area contributed by atoms with E-state index in [9.17, 15) is 13.2 Å². The molecule has 0 aliphatic heterocycles. The van der Waals surface area contributed by atoms with Crippen LogP contribution in [-0.2, 0) is 19.6 Å². The van der Waals surface area contributed by atoms with Gasteiger partial charge in [-0.2, -0.15) is 8.42 Å². The minimum atomic E-state index is -4.13. The van der Waals surface area contributed by atoms with Crippen molar-refractivity contribution < 1.29 is 22.5 Å². The molecule has 0 heterocycles. The third kappa shape index (κ3) is 7.10. The van der Waals surface area contributed by atoms with Gasteiger partial charge in [0.2, 0.25) is 0 Å². The fourth-order valence-corrected chi connectivity index (χ4v) is 0.642. The summed E-state index contributed by atoms with van der Waals surface area (Å²) in [5.74, 6) is -0.671. The first-order valence-electron chi connectivity index (χ1n) is 3.54. The molecule has 0 aliphatic carbocycles. The molecule has 14 heavy (non-hydrogen) atoms. The van der Waals surface area contributed by atoms with Crippen LogP contribution in [0, 0.1) is 0 Å². The molecule has 0 aromatic heterocycles. The van der Waals surface area contributed by atoms with E-state index in [1.807, 2.05) is 0 Å². The first-order chi connectivity index (χ1) is 5.75. The summed E-state index contributed by atoms with van der Waals surface area (Å²) in [5.41, 5.74) is 0.183. The van der Waals surface area contributed by atoms with Crippen molar-refractivity contribution in [2.75, 3.05) is 6.61 Å². The summed E-state index contributed by atoms with van der Waals surface area (Å²) in [4.78, 5) is 10.8. The van der Waals surface area contributed by atoms with E-state index >= 15 is 0 Å². The smallest absolute Gasteiger partial charge is 0.333 e. The van der Waals surface area contributed by atoms with Crippen molar-refractivity contribution >= 4 is 67.5 Å². The number of hydrogen-bond donors (Lipinski definition) is 1. The first-order valence-corrected chi connectivity index (χ1v) is 5.04. The Morgan fingerprint density at radius 2 is 2.00 bits per heavy atom. The van der Waals surface area contributed by atoms with Crippen LogP contribution in [0.4, 0.5) is 0 Å². The summed E-state index contributed by atoms with van der Waals surface area (Å²) >= 11 is 0. The van der Waals surface area contributed by atoms with Crippen LogP contribution in [0.25, 0.3) is 0 Å². The van der Waals surface area contributed by atoms with E-state index in [0.717, 1.165) is 0 Å². The van der Waals surface area contributed by atoms with Crippen molar-refractivity contribution in [2.24, 2.45) is 0 Å². The Balaban J connectivity index is 0. The second-order valence-corrected chi connectivity index (χ2v) is 4.54. The molecule has 1 N–H and O–H groups in total. The Morgan fingerprint density at radius 3 is 2.29 bits per heavy atom. The molecule has 0 fully saturated rings. The molecule has 0 aromatic rings. The number of carbonyl (C=O) groups is 1.